The van der Waals surface area contributed by atoms with Gasteiger partial charge in [-0.2, -0.15) is 0 Å². The van der Waals surface area contributed by atoms with Gasteiger partial charge in [0.15, 0.2) is 0 Å². The van der Waals surface area contributed by atoms with Crippen molar-refractivity contribution in [3.8, 4) is 0 Å². The standard InChI is InChI=1S/C18H26N2O3/c21-17-6-8-20(9-7-17)12-15-10-16(11-15)19-18(22)23-13-14-4-2-1-3-5-14/h1-5,15-17,21H,6-13H2,(H,19,22)/t15-,16+. The van der Waals surface area contributed by atoms with E-state index in [2.05, 4.69) is 10.2 Å². The highest BCUT2D eigenvalue weighted by Crippen LogP contribution is 2.29. The SMILES string of the molecule is O=C(N[C@H]1C[C@@H](CN2CCC(O)CC2)C1)OCc1ccccc1. The molecule has 23 heavy (non-hydrogen) atoms. The first-order valence-corrected chi connectivity index (χ1v) is 8.56. The Morgan fingerprint density at radius 1 is 1.22 bits per heavy atom. The normalized spacial score (nSPS) is 25.6. The van der Waals surface area contributed by atoms with Gasteiger partial charge in [-0.15, -0.1) is 0 Å². The monoisotopic (exact) mass is 318 g/mol. The number of benzene rings is 1. The molecule has 0 atom stereocenters. The van der Waals surface area contributed by atoms with Gasteiger partial charge < -0.3 is 20.1 Å². The van der Waals surface area contributed by atoms with Crippen molar-refractivity contribution in [1.82, 2.24) is 10.2 Å². The van der Waals surface area contributed by atoms with Gasteiger partial charge in [0.05, 0.1) is 6.10 Å². The van der Waals surface area contributed by atoms with Crippen molar-refractivity contribution < 1.29 is 14.6 Å². The Balaban J connectivity index is 1.28. The number of aliphatic hydroxyl groups is 1. The van der Waals surface area contributed by atoms with Crippen LogP contribution in [0.25, 0.3) is 0 Å². The second kappa shape index (κ2) is 7.79. The van der Waals surface area contributed by atoms with E-state index in [4.69, 9.17) is 4.74 Å². The van der Waals surface area contributed by atoms with E-state index in [0.717, 1.165) is 50.9 Å². The first-order chi connectivity index (χ1) is 11.2. The molecule has 2 aliphatic rings. The van der Waals surface area contributed by atoms with E-state index in [0.29, 0.717) is 12.5 Å². The predicted molar refractivity (Wildman–Crippen MR) is 88.0 cm³/mol. The lowest BCUT2D eigenvalue weighted by Gasteiger charge is -2.40. The minimum Gasteiger partial charge on any atom is -0.445 e. The van der Waals surface area contributed by atoms with Gasteiger partial charge in [0.25, 0.3) is 0 Å². The minimum atomic E-state index is -0.321. The molecule has 1 heterocycles. The molecule has 2 fully saturated rings. The van der Waals surface area contributed by atoms with Crippen molar-refractivity contribution in [3.63, 3.8) is 0 Å². The second-order valence-corrected chi connectivity index (χ2v) is 6.77. The number of amides is 1. The Morgan fingerprint density at radius 3 is 2.61 bits per heavy atom. The highest BCUT2D eigenvalue weighted by molar-refractivity contribution is 5.67. The van der Waals surface area contributed by atoms with Gasteiger partial charge in [0.1, 0.15) is 6.61 Å². The summed E-state index contributed by atoms with van der Waals surface area (Å²) in [6.07, 6.45) is 3.40. The molecule has 1 saturated heterocycles. The van der Waals surface area contributed by atoms with Gasteiger partial charge in [-0.05, 0) is 37.2 Å². The van der Waals surface area contributed by atoms with E-state index in [1.165, 1.54) is 0 Å². The van der Waals surface area contributed by atoms with E-state index in [1.54, 1.807) is 0 Å². The predicted octanol–water partition coefficient (Wildman–Crippen LogP) is 2.15. The van der Waals surface area contributed by atoms with Crippen LogP contribution >= 0.6 is 0 Å². The van der Waals surface area contributed by atoms with Crippen LogP contribution < -0.4 is 5.32 Å². The van der Waals surface area contributed by atoms with Crippen LogP contribution in [0, 0.1) is 5.92 Å². The maximum atomic E-state index is 11.8. The van der Waals surface area contributed by atoms with E-state index in [-0.39, 0.29) is 18.2 Å². The minimum absolute atomic E-state index is 0.110. The van der Waals surface area contributed by atoms with Gasteiger partial charge in [0, 0.05) is 25.7 Å². The quantitative estimate of drug-likeness (QED) is 0.873. The molecule has 5 nitrogen and oxygen atoms in total. The number of nitrogens with zero attached hydrogens (tertiary/aromatic N) is 1. The molecule has 1 saturated carbocycles. The third kappa shape index (κ3) is 4.94. The van der Waals surface area contributed by atoms with Gasteiger partial charge >= 0.3 is 6.09 Å². The van der Waals surface area contributed by atoms with Crippen molar-refractivity contribution in [2.24, 2.45) is 5.92 Å². The fourth-order valence-corrected chi connectivity index (χ4v) is 3.40. The molecule has 1 aromatic rings. The number of piperidine rings is 1. The van der Waals surface area contributed by atoms with Gasteiger partial charge in [0.2, 0.25) is 0 Å². The first-order valence-electron chi connectivity index (χ1n) is 8.56. The first kappa shape index (κ1) is 16.3. The van der Waals surface area contributed by atoms with E-state index in [9.17, 15) is 9.90 Å². The van der Waals surface area contributed by atoms with Crippen LogP contribution in [0.5, 0.6) is 0 Å². The Bertz CT molecular complexity index is 494. The van der Waals surface area contributed by atoms with E-state index >= 15 is 0 Å². The fourth-order valence-electron chi connectivity index (χ4n) is 3.40. The van der Waals surface area contributed by atoms with Crippen LogP contribution in [0.1, 0.15) is 31.2 Å². The summed E-state index contributed by atoms with van der Waals surface area (Å²) in [6.45, 7) is 3.40. The van der Waals surface area contributed by atoms with Crippen LogP contribution in [0.15, 0.2) is 30.3 Å². The molecule has 1 aliphatic heterocycles. The van der Waals surface area contributed by atoms with Crippen molar-refractivity contribution in [3.05, 3.63) is 35.9 Å². The number of nitrogens with one attached hydrogen (secondary N) is 1. The topological polar surface area (TPSA) is 61.8 Å². The lowest BCUT2D eigenvalue weighted by Crippen LogP contribution is -2.49. The number of likely N-dealkylation sites (tertiary alicyclic amines) is 1. The zero-order valence-electron chi connectivity index (χ0n) is 13.5. The van der Waals surface area contributed by atoms with Crippen LogP contribution in [0.3, 0.4) is 0 Å². The molecular weight excluding hydrogens is 292 g/mol. The Kier molecular flexibility index (Phi) is 5.51. The molecule has 0 spiro atoms. The fraction of sp³-hybridized carbons (Fsp3) is 0.611. The zero-order valence-corrected chi connectivity index (χ0v) is 13.5. The molecule has 1 aliphatic carbocycles. The van der Waals surface area contributed by atoms with Crippen molar-refractivity contribution >= 4 is 6.09 Å². The van der Waals surface area contributed by atoms with E-state index < -0.39 is 0 Å². The second-order valence-electron chi connectivity index (χ2n) is 6.77. The smallest absolute Gasteiger partial charge is 0.407 e. The number of hydrogen-bond acceptors (Lipinski definition) is 4. The number of ether oxygens (including phenoxy) is 1. The zero-order chi connectivity index (χ0) is 16.1. The summed E-state index contributed by atoms with van der Waals surface area (Å²) in [5, 5.41) is 12.5. The summed E-state index contributed by atoms with van der Waals surface area (Å²) in [4.78, 5) is 14.2. The largest absolute Gasteiger partial charge is 0.445 e. The number of carbonyl (C=O) groups excluding carboxylic acids is 1. The van der Waals surface area contributed by atoms with Gasteiger partial charge in [-0.3, -0.25) is 0 Å². The summed E-state index contributed by atoms with van der Waals surface area (Å²) in [6, 6.07) is 9.96. The molecule has 0 aromatic heterocycles. The average molecular weight is 318 g/mol. The molecule has 0 radical (unpaired) electrons. The molecule has 2 N–H and O–H groups in total. The van der Waals surface area contributed by atoms with Crippen molar-refractivity contribution in [2.45, 2.75) is 44.4 Å². The number of hydrogen-bond donors (Lipinski definition) is 2. The van der Waals surface area contributed by atoms with Crippen molar-refractivity contribution in [2.75, 3.05) is 19.6 Å². The summed E-state index contributed by atoms with van der Waals surface area (Å²) < 4.78 is 5.24. The molecule has 3 rings (SSSR count). The third-order valence-electron chi connectivity index (χ3n) is 4.84. The highest BCUT2D eigenvalue weighted by atomic mass is 16.5. The average Bonchev–Trinajstić information content (AvgIpc) is 2.54. The van der Waals surface area contributed by atoms with Crippen LogP contribution in [-0.4, -0.2) is 47.9 Å². The third-order valence-corrected chi connectivity index (χ3v) is 4.84. The number of carbonyl (C=O) groups is 1. The summed E-state index contributed by atoms with van der Waals surface area (Å²) in [5.74, 6) is 0.657. The molecule has 126 valence electrons. The van der Waals surface area contributed by atoms with Crippen LogP contribution in [0.2, 0.25) is 0 Å². The number of aliphatic hydroxyl groups excluding tert-OH is 1. The summed E-state index contributed by atoms with van der Waals surface area (Å²) in [7, 11) is 0. The maximum Gasteiger partial charge on any atom is 0.407 e. The molecule has 1 aromatic carbocycles. The number of alkyl carbamates (subject to hydrolysis) is 1. The van der Waals surface area contributed by atoms with E-state index in [1.807, 2.05) is 30.3 Å². The Morgan fingerprint density at radius 2 is 1.91 bits per heavy atom. The lowest BCUT2D eigenvalue weighted by molar-refractivity contribution is 0.0584. The Hall–Kier alpha value is -1.59. The number of rotatable bonds is 5. The van der Waals surface area contributed by atoms with Crippen LogP contribution in [0.4, 0.5) is 4.79 Å². The summed E-state index contributed by atoms with van der Waals surface area (Å²) in [5.41, 5.74) is 1.00. The molecule has 0 bridgehead atoms. The van der Waals surface area contributed by atoms with Crippen molar-refractivity contribution in [1.29, 1.82) is 0 Å². The maximum absolute atomic E-state index is 11.8. The summed E-state index contributed by atoms with van der Waals surface area (Å²) >= 11 is 0. The van der Waals surface area contributed by atoms with Gasteiger partial charge in [-0.1, -0.05) is 30.3 Å². The molecule has 1 amide bonds. The van der Waals surface area contributed by atoms with Crippen LogP contribution in [-0.2, 0) is 11.3 Å². The highest BCUT2D eigenvalue weighted by Gasteiger charge is 2.32. The molecular formula is C18H26N2O3. The molecule has 5 heteroatoms. The molecule has 0 unspecified atom stereocenters. The Labute approximate surface area is 137 Å². The van der Waals surface area contributed by atoms with Gasteiger partial charge in [-0.25, -0.2) is 4.79 Å². The lowest BCUT2D eigenvalue weighted by atomic mass is 9.79.